The van der Waals surface area contributed by atoms with Gasteiger partial charge in [0.05, 0.1) is 6.61 Å². The minimum absolute atomic E-state index is 0.0303. The number of aliphatic hydroxyl groups is 1. The lowest BCUT2D eigenvalue weighted by Gasteiger charge is -2.40. The van der Waals surface area contributed by atoms with Crippen LogP contribution in [0, 0.1) is 0 Å². The molecular weight excluding hydrogens is 212 g/mol. The highest BCUT2D eigenvalue weighted by atomic mass is 16.3. The van der Waals surface area contributed by atoms with E-state index in [0.717, 1.165) is 25.8 Å². The number of aliphatic hydroxyl groups excluding tert-OH is 1. The van der Waals surface area contributed by atoms with Gasteiger partial charge in [-0.05, 0) is 53.1 Å². The van der Waals surface area contributed by atoms with Gasteiger partial charge in [0, 0.05) is 17.1 Å². The molecule has 17 heavy (non-hydrogen) atoms. The number of nitrogens with one attached hydrogen (secondary N) is 1. The zero-order valence-electron chi connectivity index (χ0n) is 12.2. The van der Waals surface area contributed by atoms with Crippen LogP contribution in [0.2, 0.25) is 0 Å². The Morgan fingerprint density at radius 1 is 1.41 bits per heavy atom. The SMILES string of the molecule is CCNC1(CO)CCC(N(C)C(C)(C)CC)C1. The van der Waals surface area contributed by atoms with E-state index in [0.29, 0.717) is 6.04 Å². The first-order valence-electron chi connectivity index (χ1n) is 6.99. The van der Waals surface area contributed by atoms with E-state index < -0.39 is 0 Å². The molecule has 0 spiro atoms. The van der Waals surface area contributed by atoms with Gasteiger partial charge >= 0.3 is 0 Å². The van der Waals surface area contributed by atoms with Crippen molar-refractivity contribution in [2.75, 3.05) is 20.2 Å². The van der Waals surface area contributed by atoms with Crippen molar-refractivity contribution in [3.63, 3.8) is 0 Å². The van der Waals surface area contributed by atoms with Gasteiger partial charge in [0.25, 0.3) is 0 Å². The molecule has 0 aromatic rings. The highest BCUT2D eigenvalue weighted by Gasteiger charge is 2.41. The highest BCUT2D eigenvalue weighted by Crippen LogP contribution is 2.35. The molecule has 1 rings (SSSR count). The fraction of sp³-hybridized carbons (Fsp3) is 1.00. The third-order valence-corrected chi connectivity index (χ3v) is 4.80. The van der Waals surface area contributed by atoms with Crippen LogP contribution in [0.4, 0.5) is 0 Å². The largest absolute Gasteiger partial charge is 0.394 e. The Hall–Kier alpha value is -0.120. The van der Waals surface area contributed by atoms with E-state index >= 15 is 0 Å². The Kier molecular flexibility index (Phi) is 4.99. The second-order valence-electron chi connectivity index (χ2n) is 6.14. The van der Waals surface area contributed by atoms with E-state index in [4.69, 9.17) is 0 Å². The lowest BCUT2D eigenvalue weighted by Crippen LogP contribution is -2.50. The summed E-state index contributed by atoms with van der Waals surface area (Å²) in [5, 5.41) is 13.1. The molecule has 0 aromatic heterocycles. The number of hydrogen-bond donors (Lipinski definition) is 2. The van der Waals surface area contributed by atoms with Gasteiger partial charge in [-0.15, -0.1) is 0 Å². The Balaban J connectivity index is 2.66. The second kappa shape index (κ2) is 5.68. The van der Waals surface area contributed by atoms with Crippen molar-refractivity contribution in [3.8, 4) is 0 Å². The zero-order chi connectivity index (χ0) is 13.1. The van der Waals surface area contributed by atoms with Crippen molar-refractivity contribution in [1.29, 1.82) is 0 Å². The van der Waals surface area contributed by atoms with Crippen LogP contribution >= 0.6 is 0 Å². The number of nitrogens with zero attached hydrogens (tertiary/aromatic N) is 1. The second-order valence-corrected chi connectivity index (χ2v) is 6.14. The average molecular weight is 242 g/mol. The van der Waals surface area contributed by atoms with Gasteiger partial charge in [0.1, 0.15) is 0 Å². The maximum Gasteiger partial charge on any atom is 0.0613 e. The molecule has 0 aliphatic heterocycles. The smallest absolute Gasteiger partial charge is 0.0613 e. The molecule has 0 bridgehead atoms. The first-order chi connectivity index (χ1) is 7.90. The standard InChI is InChI=1S/C14H30N2O/c1-6-13(3,4)16(5)12-8-9-14(10-12,11-17)15-7-2/h12,15,17H,6-11H2,1-5H3. The van der Waals surface area contributed by atoms with Gasteiger partial charge in [-0.3, -0.25) is 4.90 Å². The van der Waals surface area contributed by atoms with Crippen molar-refractivity contribution >= 4 is 0 Å². The quantitative estimate of drug-likeness (QED) is 0.748. The molecule has 102 valence electrons. The maximum absolute atomic E-state index is 9.63. The summed E-state index contributed by atoms with van der Waals surface area (Å²) in [5.74, 6) is 0. The minimum Gasteiger partial charge on any atom is -0.394 e. The van der Waals surface area contributed by atoms with Crippen LogP contribution in [-0.2, 0) is 0 Å². The molecule has 3 nitrogen and oxygen atoms in total. The normalized spacial score (nSPS) is 30.2. The molecule has 2 unspecified atom stereocenters. The molecule has 2 N–H and O–H groups in total. The molecule has 1 aliphatic rings. The van der Waals surface area contributed by atoms with Crippen LogP contribution in [0.1, 0.15) is 53.4 Å². The van der Waals surface area contributed by atoms with Crippen LogP contribution in [0.3, 0.4) is 0 Å². The van der Waals surface area contributed by atoms with Crippen molar-refractivity contribution in [1.82, 2.24) is 10.2 Å². The van der Waals surface area contributed by atoms with Crippen LogP contribution in [0.5, 0.6) is 0 Å². The van der Waals surface area contributed by atoms with Gasteiger partial charge < -0.3 is 10.4 Å². The number of hydrogen-bond acceptors (Lipinski definition) is 3. The summed E-state index contributed by atoms with van der Waals surface area (Å²) in [6.07, 6.45) is 4.50. The molecule has 0 amide bonds. The van der Waals surface area contributed by atoms with Gasteiger partial charge in [-0.1, -0.05) is 13.8 Å². The van der Waals surface area contributed by atoms with Gasteiger partial charge in [-0.25, -0.2) is 0 Å². The fourth-order valence-electron chi connectivity index (χ4n) is 2.91. The lowest BCUT2D eigenvalue weighted by molar-refractivity contribution is 0.0872. The molecule has 2 atom stereocenters. The third kappa shape index (κ3) is 3.21. The Labute approximate surface area is 107 Å². The van der Waals surface area contributed by atoms with Crippen molar-refractivity contribution in [2.24, 2.45) is 0 Å². The molecule has 1 saturated carbocycles. The van der Waals surface area contributed by atoms with E-state index in [9.17, 15) is 5.11 Å². The molecule has 0 aromatic carbocycles. The van der Waals surface area contributed by atoms with Gasteiger partial charge in [0.15, 0.2) is 0 Å². The molecule has 0 heterocycles. The molecule has 1 aliphatic carbocycles. The molecule has 1 fully saturated rings. The molecule has 0 saturated heterocycles. The van der Waals surface area contributed by atoms with E-state index in [1.807, 2.05) is 0 Å². The lowest BCUT2D eigenvalue weighted by atomic mass is 9.95. The molecule has 3 heteroatoms. The highest BCUT2D eigenvalue weighted by molar-refractivity contribution is 5.00. The topological polar surface area (TPSA) is 35.5 Å². The molecular formula is C14H30N2O. The van der Waals surface area contributed by atoms with E-state index in [1.54, 1.807) is 0 Å². The Morgan fingerprint density at radius 2 is 2.06 bits per heavy atom. The summed E-state index contributed by atoms with van der Waals surface area (Å²) >= 11 is 0. The predicted molar refractivity (Wildman–Crippen MR) is 73.3 cm³/mol. The van der Waals surface area contributed by atoms with E-state index in [2.05, 4.69) is 45.0 Å². The third-order valence-electron chi connectivity index (χ3n) is 4.80. The monoisotopic (exact) mass is 242 g/mol. The summed E-state index contributed by atoms with van der Waals surface area (Å²) in [5.41, 5.74) is 0.222. The summed E-state index contributed by atoms with van der Waals surface area (Å²) in [6, 6.07) is 0.594. The van der Waals surface area contributed by atoms with Gasteiger partial charge in [0.2, 0.25) is 0 Å². The fourth-order valence-corrected chi connectivity index (χ4v) is 2.91. The summed E-state index contributed by atoms with van der Waals surface area (Å²) < 4.78 is 0. The zero-order valence-corrected chi connectivity index (χ0v) is 12.2. The van der Waals surface area contributed by atoms with E-state index in [-0.39, 0.29) is 17.7 Å². The first-order valence-corrected chi connectivity index (χ1v) is 6.99. The van der Waals surface area contributed by atoms with E-state index in [1.165, 1.54) is 6.42 Å². The summed E-state index contributed by atoms with van der Waals surface area (Å²) in [4.78, 5) is 2.50. The average Bonchev–Trinajstić information content (AvgIpc) is 2.73. The maximum atomic E-state index is 9.63. The van der Waals surface area contributed by atoms with Crippen molar-refractivity contribution in [2.45, 2.75) is 70.5 Å². The summed E-state index contributed by atoms with van der Waals surface area (Å²) in [6.45, 7) is 10.2. The van der Waals surface area contributed by atoms with Gasteiger partial charge in [-0.2, -0.15) is 0 Å². The Bertz CT molecular complexity index is 242. The van der Waals surface area contributed by atoms with Crippen LogP contribution in [-0.4, -0.2) is 47.3 Å². The Morgan fingerprint density at radius 3 is 2.53 bits per heavy atom. The van der Waals surface area contributed by atoms with Crippen molar-refractivity contribution in [3.05, 3.63) is 0 Å². The minimum atomic E-state index is -0.0303. The summed E-state index contributed by atoms with van der Waals surface area (Å²) in [7, 11) is 2.23. The van der Waals surface area contributed by atoms with Crippen LogP contribution in [0.15, 0.2) is 0 Å². The van der Waals surface area contributed by atoms with Crippen molar-refractivity contribution < 1.29 is 5.11 Å². The number of likely N-dealkylation sites (N-methyl/N-ethyl adjacent to an activating group) is 1. The molecule has 0 radical (unpaired) electrons. The predicted octanol–water partition coefficient (Wildman–Crippen LogP) is 2.00. The first kappa shape index (κ1) is 14.9. The number of rotatable bonds is 6. The van der Waals surface area contributed by atoms with Crippen LogP contribution in [0.25, 0.3) is 0 Å². The van der Waals surface area contributed by atoms with Crippen LogP contribution < -0.4 is 5.32 Å².